The van der Waals surface area contributed by atoms with Crippen LogP contribution in [0.4, 0.5) is 5.95 Å². The summed E-state index contributed by atoms with van der Waals surface area (Å²) >= 11 is 0. The standard InChI is InChI=1S/C16H17N3/c1-4-8-15(14-9-6-5-7-10-14)19-16-17-12(2)11-13(3)18-16/h1,5-7,9-11,15H,8H2,2-3H3,(H,17,18,19). The molecule has 0 bridgehead atoms. The number of nitrogens with zero attached hydrogens (tertiary/aromatic N) is 2. The Hall–Kier alpha value is -2.34. The van der Waals surface area contributed by atoms with Gasteiger partial charge in [-0.25, -0.2) is 9.97 Å². The van der Waals surface area contributed by atoms with Gasteiger partial charge in [-0.1, -0.05) is 30.3 Å². The van der Waals surface area contributed by atoms with Crippen LogP contribution >= 0.6 is 0 Å². The molecule has 0 aliphatic rings. The number of anilines is 1. The van der Waals surface area contributed by atoms with E-state index in [0.717, 1.165) is 17.0 Å². The molecule has 96 valence electrons. The maximum absolute atomic E-state index is 5.45. The normalized spacial score (nSPS) is 11.6. The molecular weight excluding hydrogens is 234 g/mol. The topological polar surface area (TPSA) is 37.8 Å². The molecule has 1 heterocycles. The number of nitrogens with one attached hydrogen (secondary N) is 1. The Balaban J connectivity index is 2.24. The van der Waals surface area contributed by atoms with Crippen molar-refractivity contribution < 1.29 is 0 Å². The predicted octanol–water partition coefficient (Wildman–Crippen LogP) is 3.27. The Labute approximate surface area is 114 Å². The number of hydrogen-bond donors (Lipinski definition) is 1. The lowest BCUT2D eigenvalue weighted by Gasteiger charge is -2.17. The highest BCUT2D eigenvalue weighted by Crippen LogP contribution is 2.20. The number of hydrogen-bond acceptors (Lipinski definition) is 3. The van der Waals surface area contributed by atoms with Crippen LogP contribution in [0.25, 0.3) is 0 Å². The van der Waals surface area contributed by atoms with Crippen LogP contribution in [-0.4, -0.2) is 9.97 Å². The Morgan fingerprint density at radius 1 is 1.16 bits per heavy atom. The van der Waals surface area contributed by atoms with Gasteiger partial charge in [0, 0.05) is 17.8 Å². The lowest BCUT2D eigenvalue weighted by atomic mass is 10.0. The smallest absolute Gasteiger partial charge is 0.223 e. The van der Waals surface area contributed by atoms with Crippen LogP contribution in [-0.2, 0) is 0 Å². The van der Waals surface area contributed by atoms with Crippen molar-refractivity contribution in [3.05, 3.63) is 53.3 Å². The van der Waals surface area contributed by atoms with E-state index in [1.165, 1.54) is 0 Å². The average molecular weight is 251 g/mol. The average Bonchev–Trinajstić information content (AvgIpc) is 2.38. The highest BCUT2D eigenvalue weighted by molar-refractivity contribution is 5.34. The highest BCUT2D eigenvalue weighted by atomic mass is 15.1. The van der Waals surface area contributed by atoms with Crippen LogP contribution in [0.1, 0.15) is 29.4 Å². The molecule has 1 atom stereocenters. The van der Waals surface area contributed by atoms with Crippen molar-refractivity contribution in [1.29, 1.82) is 0 Å². The summed E-state index contributed by atoms with van der Waals surface area (Å²) in [6.07, 6.45) is 6.05. The van der Waals surface area contributed by atoms with Gasteiger partial charge in [0.05, 0.1) is 6.04 Å². The minimum Gasteiger partial charge on any atom is -0.346 e. The monoisotopic (exact) mass is 251 g/mol. The fourth-order valence-electron chi connectivity index (χ4n) is 2.00. The van der Waals surface area contributed by atoms with Gasteiger partial charge < -0.3 is 5.32 Å². The summed E-state index contributed by atoms with van der Waals surface area (Å²) in [4.78, 5) is 8.78. The van der Waals surface area contributed by atoms with Crippen LogP contribution in [0.2, 0.25) is 0 Å². The van der Waals surface area contributed by atoms with Gasteiger partial charge in [0.2, 0.25) is 5.95 Å². The van der Waals surface area contributed by atoms with Gasteiger partial charge in [-0.05, 0) is 25.5 Å². The Morgan fingerprint density at radius 2 is 1.79 bits per heavy atom. The SMILES string of the molecule is C#CCC(Nc1nc(C)cc(C)n1)c1ccccc1. The molecule has 0 fully saturated rings. The van der Waals surface area contributed by atoms with Crippen molar-refractivity contribution in [3.63, 3.8) is 0 Å². The van der Waals surface area contributed by atoms with E-state index < -0.39 is 0 Å². The fraction of sp³-hybridized carbons (Fsp3) is 0.250. The maximum atomic E-state index is 5.45. The third-order valence-corrected chi connectivity index (χ3v) is 2.81. The molecule has 0 spiro atoms. The zero-order chi connectivity index (χ0) is 13.7. The van der Waals surface area contributed by atoms with Gasteiger partial charge in [-0.2, -0.15) is 0 Å². The van der Waals surface area contributed by atoms with Crippen LogP contribution in [0.15, 0.2) is 36.4 Å². The molecule has 3 heteroatoms. The third-order valence-electron chi connectivity index (χ3n) is 2.81. The van der Waals surface area contributed by atoms with Gasteiger partial charge in [-0.15, -0.1) is 12.3 Å². The van der Waals surface area contributed by atoms with Gasteiger partial charge in [0.25, 0.3) is 0 Å². The van der Waals surface area contributed by atoms with Crippen molar-refractivity contribution in [3.8, 4) is 12.3 Å². The van der Waals surface area contributed by atoms with E-state index in [1.54, 1.807) is 0 Å². The first-order valence-electron chi connectivity index (χ1n) is 6.26. The second-order valence-electron chi connectivity index (χ2n) is 4.49. The molecule has 1 aromatic carbocycles. The summed E-state index contributed by atoms with van der Waals surface area (Å²) in [5.74, 6) is 3.32. The number of aryl methyl sites for hydroxylation is 2. The fourth-order valence-corrected chi connectivity index (χ4v) is 2.00. The molecule has 0 saturated carbocycles. The van der Waals surface area contributed by atoms with Crippen molar-refractivity contribution in [2.24, 2.45) is 0 Å². The van der Waals surface area contributed by atoms with Gasteiger partial charge in [-0.3, -0.25) is 0 Å². The second-order valence-corrected chi connectivity index (χ2v) is 4.49. The maximum Gasteiger partial charge on any atom is 0.223 e. The van der Waals surface area contributed by atoms with E-state index in [9.17, 15) is 0 Å². The summed E-state index contributed by atoms with van der Waals surface area (Å²) in [5.41, 5.74) is 3.04. The molecule has 0 aliphatic carbocycles. The predicted molar refractivity (Wildman–Crippen MR) is 77.8 cm³/mol. The Kier molecular flexibility index (Phi) is 4.15. The Morgan fingerprint density at radius 3 is 2.37 bits per heavy atom. The highest BCUT2D eigenvalue weighted by Gasteiger charge is 2.11. The number of aromatic nitrogens is 2. The van der Waals surface area contributed by atoms with E-state index in [0.29, 0.717) is 12.4 Å². The van der Waals surface area contributed by atoms with E-state index in [-0.39, 0.29) is 6.04 Å². The largest absolute Gasteiger partial charge is 0.346 e. The molecule has 2 aromatic rings. The molecule has 1 aromatic heterocycles. The number of rotatable bonds is 4. The molecule has 0 radical (unpaired) electrons. The zero-order valence-electron chi connectivity index (χ0n) is 11.2. The summed E-state index contributed by atoms with van der Waals surface area (Å²) in [7, 11) is 0. The van der Waals surface area contributed by atoms with Gasteiger partial charge in [0.1, 0.15) is 0 Å². The summed E-state index contributed by atoms with van der Waals surface area (Å²) < 4.78 is 0. The third kappa shape index (κ3) is 3.56. The van der Waals surface area contributed by atoms with Crippen LogP contribution in [0.5, 0.6) is 0 Å². The molecule has 0 saturated heterocycles. The first-order valence-corrected chi connectivity index (χ1v) is 6.26. The minimum absolute atomic E-state index is 0.0346. The molecule has 19 heavy (non-hydrogen) atoms. The quantitative estimate of drug-likeness (QED) is 0.847. The number of terminal acetylenes is 1. The van der Waals surface area contributed by atoms with Crippen molar-refractivity contribution in [2.45, 2.75) is 26.3 Å². The lowest BCUT2D eigenvalue weighted by Crippen LogP contribution is -2.13. The first kappa shape index (κ1) is 13.1. The molecule has 0 aliphatic heterocycles. The summed E-state index contributed by atoms with van der Waals surface area (Å²) in [6.45, 7) is 3.91. The minimum atomic E-state index is 0.0346. The van der Waals surface area contributed by atoms with E-state index >= 15 is 0 Å². The molecular formula is C16H17N3. The zero-order valence-corrected chi connectivity index (χ0v) is 11.2. The van der Waals surface area contributed by atoms with Crippen LogP contribution < -0.4 is 5.32 Å². The van der Waals surface area contributed by atoms with Gasteiger partial charge >= 0.3 is 0 Å². The van der Waals surface area contributed by atoms with E-state index in [4.69, 9.17) is 6.42 Å². The van der Waals surface area contributed by atoms with E-state index in [1.807, 2.05) is 38.1 Å². The molecule has 0 amide bonds. The van der Waals surface area contributed by atoms with Crippen molar-refractivity contribution in [1.82, 2.24) is 9.97 Å². The molecule has 3 nitrogen and oxygen atoms in total. The van der Waals surface area contributed by atoms with Crippen molar-refractivity contribution >= 4 is 5.95 Å². The molecule has 1 unspecified atom stereocenters. The van der Waals surface area contributed by atoms with Crippen LogP contribution in [0, 0.1) is 26.2 Å². The van der Waals surface area contributed by atoms with E-state index in [2.05, 4.69) is 33.3 Å². The summed E-state index contributed by atoms with van der Waals surface area (Å²) in [5, 5.41) is 3.31. The van der Waals surface area contributed by atoms with Crippen LogP contribution in [0.3, 0.4) is 0 Å². The molecule has 1 N–H and O–H groups in total. The summed E-state index contributed by atoms with van der Waals surface area (Å²) in [6, 6.07) is 12.1. The molecule has 2 rings (SSSR count). The first-order chi connectivity index (χ1) is 9.19. The lowest BCUT2D eigenvalue weighted by molar-refractivity contribution is 0.793. The van der Waals surface area contributed by atoms with Crippen molar-refractivity contribution in [2.75, 3.05) is 5.32 Å². The second kappa shape index (κ2) is 6.01. The number of benzene rings is 1. The van der Waals surface area contributed by atoms with Gasteiger partial charge in [0.15, 0.2) is 0 Å². The Bertz CT molecular complexity index is 564.